The Hall–Kier alpha value is -4.20. The Kier molecular flexibility index (Phi) is 5.03. The molecule has 0 spiro atoms. The lowest BCUT2D eigenvalue weighted by Crippen LogP contribution is -2.26. The number of phenolic OH excluding ortho intramolecular Hbond substituents is 1. The van der Waals surface area contributed by atoms with Gasteiger partial charge in [-0.3, -0.25) is 9.59 Å². The van der Waals surface area contributed by atoms with Crippen molar-refractivity contribution in [1.82, 2.24) is 5.32 Å². The van der Waals surface area contributed by atoms with Gasteiger partial charge in [-0.05, 0) is 30.3 Å². The van der Waals surface area contributed by atoms with Crippen molar-refractivity contribution in [2.75, 3.05) is 6.79 Å². The van der Waals surface area contributed by atoms with E-state index in [-0.39, 0.29) is 42.4 Å². The predicted octanol–water partition coefficient (Wildman–Crippen LogP) is 3.66. The summed E-state index contributed by atoms with van der Waals surface area (Å²) < 4.78 is 21.7. The van der Waals surface area contributed by atoms with Gasteiger partial charge in [0.1, 0.15) is 17.1 Å². The molecule has 2 aromatic heterocycles. The number of fused-ring (bicyclic) bond motifs is 2. The maximum atomic E-state index is 13.3. The van der Waals surface area contributed by atoms with Gasteiger partial charge in [0.15, 0.2) is 16.9 Å². The number of carbonyl (C=O) groups is 1. The quantitative estimate of drug-likeness (QED) is 0.477. The van der Waals surface area contributed by atoms with Gasteiger partial charge in [-0.25, -0.2) is 0 Å². The summed E-state index contributed by atoms with van der Waals surface area (Å²) in [5.41, 5.74) is 0.793. The summed E-state index contributed by atoms with van der Waals surface area (Å²) in [6, 6.07) is 13.4. The number of rotatable bonds is 6. The Morgan fingerprint density at radius 2 is 1.84 bits per heavy atom. The molecule has 0 unspecified atom stereocenters. The minimum atomic E-state index is -0.776. The molecule has 3 heterocycles. The van der Waals surface area contributed by atoms with Gasteiger partial charge in [0.2, 0.25) is 12.7 Å². The largest absolute Gasteiger partial charge is 0.508 e. The fourth-order valence-corrected chi connectivity index (χ4v) is 3.80. The van der Waals surface area contributed by atoms with Crippen LogP contribution in [0.1, 0.15) is 29.2 Å². The second kappa shape index (κ2) is 8.14. The molecule has 0 radical (unpaired) electrons. The highest BCUT2D eigenvalue weighted by molar-refractivity contribution is 5.80. The number of nitrogens with one attached hydrogen (secondary N) is 1. The summed E-state index contributed by atoms with van der Waals surface area (Å²) in [6.45, 7) is 0.239. The van der Waals surface area contributed by atoms with Crippen molar-refractivity contribution in [2.45, 2.75) is 18.9 Å². The summed E-state index contributed by atoms with van der Waals surface area (Å²) in [5, 5.41) is 13.9. The van der Waals surface area contributed by atoms with Gasteiger partial charge in [-0.1, -0.05) is 12.1 Å². The van der Waals surface area contributed by atoms with Gasteiger partial charge in [-0.15, -0.1) is 0 Å². The highest BCUT2D eigenvalue weighted by Crippen LogP contribution is 2.42. The van der Waals surface area contributed by atoms with Crippen LogP contribution >= 0.6 is 0 Å². The molecule has 162 valence electrons. The first kappa shape index (κ1) is 19.7. The number of furan rings is 1. The van der Waals surface area contributed by atoms with Crippen LogP contribution < -0.4 is 20.2 Å². The minimum Gasteiger partial charge on any atom is -0.508 e. The molecule has 0 aliphatic carbocycles. The Labute approximate surface area is 182 Å². The summed E-state index contributed by atoms with van der Waals surface area (Å²) >= 11 is 0. The first-order valence-electron chi connectivity index (χ1n) is 10.0. The second-order valence-electron chi connectivity index (χ2n) is 7.39. The highest BCUT2D eigenvalue weighted by Gasteiger charge is 2.28. The molecule has 8 nitrogen and oxygen atoms in total. The van der Waals surface area contributed by atoms with Gasteiger partial charge in [-0.2, -0.15) is 0 Å². The standard InChI is InChI=1S/C24H19NO7/c26-19-10-22-21(31-13-32-22)8-17(19)16(9-23(27)25-11-14-4-3-7-29-14)18-12-30-20-6-2-1-5-15(20)24(18)28/h1-8,10,12,16,26H,9,11,13H2,(H,25,27)/t16-/m1/s1. The first-order valence-corrected chi connectivity index (χ1v) is 10.0. The van der Waals surface area contributed by atoms with Gasteiger partial charge in [0.25, 0.3) is 0 Å². The Bertz CT molecular complexity index is 1340. The van der Waals surface area contributed by atoms with E-state index in [2.05, 4.69) is 5.32 Å². The van der Waals surface area contributed by atoms with E-state index in [1.54, 1.807) is 42.5 Å². The zero-order chi connectivity index (χ0) is 22.1. The molecule has 0 saturated carbocycles. The summed E-state index contributed by atoms with van der Waals surface area (Å²) in [4.78, 5) is 26.1. The summed E-state index contributed by atoms with van der Waals surface area (Å²) in [5.74, 6) is 0.233. The number of hydrogen-bond acceptors (Lipinski definition) is 7. The summed E-state index contributed by atoms with van der Waals surface area (Å²) in [6.07, 6.45) is 2.77. The van der Waals surface area contributed by atoms with Crippen LogP contribution in [0.5, 0.6) is 17.2 Å². The monoisotopic (exact) mass is 433 g/mol. The van der Waals surface area contributed by atoms with Crippen LogP contribution in [0.2, 0.25) is 0 Å². The van der Waals surface area contributed by atoms with Gasteiger partial charge in [0, 0.05) is 29.5 Å². The Morgan fingerprint density at radius 1 is 1.03 bits per heavy atom. The number of carbonyl (C=O) groups excluding carboxylic acids is 1. The summed E-state index contributed by atoms with van der Waals surface area (Å²) in [7, 11) is 0. The topological polar surface area (TPSA) is 111 Å². The lowest BCUT2D eigenvalue weighted by atomic mass is 9.87. The Morgan fingerprint density at radius 3 is 2.66 bits per heavy atom. The van der Waals surface area contributed by atoms with Crippen LogP contribution in [0.15, 0.2) is 74.7 Å². The van der Waals surface area contributed by atoms with Crippen molar-refractivity contribution in [3.05, 3.63) is 88.2 Å². The van der Waals surface area contributed by atoms with Crippen molar-refractivity contribution < 1.29 is 28.2 Å². The van der Waals surface area contributed by atoms with Crippen molar-refractivity contribution >= 4 is 16.9 Å². The molecule has 32 heavy (non-hydrogen) atoms. The number of benzene rings is 2. The maximum absolute atomic E-state index is 13.3. The molecular weight excluding hydrogens is 414 g/mol. The van der Waals surface area contributed by atoms with Crippen molar-refractivity contribution in [3.63, 3.8) is 0 Å². The number of amides is 1. The molecule has 0 saturated heterocycles. The fraction of sp³-hybridized carbons (Fsp3) is 0.167. The lowest BCUT2D eigenvalue weighted by molar-refractivity contribution is -0.121. The number of phenols is 1. The third kappa shape index (κ3) is 3.66. The van der Waals surface area contributed by atoms with E-state index >= 15 is 0 Å². The van der Waals surface area contributed by atoms with Crippen LogP contribution in [0.3, 0.4) is 0 Å². The molecule has 0 bridgehead atoms. The van der Waals surface area contributed by atoms with E-state index in [0.717, 1.165) is 0 Å². The first-order chi connectivity index (χ1) is 15.6. The smallest absolute Gasteiger partial charge is 0.231 e. The van der Waals surface area contributed by atoms with Crippen LogP contribution in [-0.2, 0) is 11.3 Å². The van der Waals surface area contributed by atoms with E-state index in [4.69, 9.17) is 18.3 Å². The van der Waals surface area contributed by atoms with E-state index < -0.39 is 5.92 Å². The average molecular weight is 433 g/mol. The SMILES string of the molecule is O=C(C[C@H](c1cc2c(cc1O)OCO2)c1coc2ccccc2c1=O)NCc1ccco1. The molecule has 5 rings (SSSR count). The molecule has 1 amide bonds. The van der Waals surface area contributed by atoms with Crippen LogP contribution in [0, 0.1) is 0 Å². The molecule has 8 heteroatoms. The number of para-hydroxylation sites is 1. The third-order valence-electron chi connectivity index (χ3n) is 5.41. The van der Waals surface area contributed by atoms with E-state index in [0.29, 0.717) is 33.8 Å². The molecule has 0 fully saturated rings. The normalized spacial score (nSPS) is 13.2. The molecule has 1 aliphatic heterocycles. The molecule has 4 aromatic rings. The fourth-order valence-electron chi connectivity index (χ4n) is 3.80. The molecule has 1 aliphatic rings. The number of ether oxygens (including phenoxy) is 2. The van der Waals surface area contributed by atoms with E-state index in [1.807, 2.05) is 0 Å². The van der Waals surface area contributed by atoms with Crippen LogP contribution in [0.25, 0.3) is 11.0 Å². The average Bonchev–Trinajstić information content (AvgIpc) is 3.48. The van der Waals surface area contributed by atoms with Gasteiger partial charge >= 0.3 is 0 Å². The molecule has 2 N–H and O–H groups in total. The van der Waals surface area contributed by atoms with Crippen molar-refractivity contribution in [1.29, 1.82) is 0 Å². The van der Waals surface area contributed by atoms with Crippen LogP contribution in [0.4, 0.5) is 0 Å². The van der Waals surface area contributed by atoms with Crippen molar-refractivity contribution in [3.8, 4) is 17.2 Å². The highest BCUT2D eigenvalue weighted by atomic mass is 16.7. The molecule has 2 aromatic carbocycles. The second-order valence-corrected chi connectivity index (χ2v) is 7.39. The van der Waals surface area contributed by atoms with E-state index in [1.165, 1.54) is 18.6 Å². The maximum Gasteiger partial charge on any atom is 0.231 e. The number of aromatic hydroxyl groups is 1. The molecular formula is C24H19NO7. The zero-order valence-electron chi connectivity index (χ0n) is 16.9. The lowest BCUT2D eigenvalue weighted by Gasteiger charge is -2.19. The zero-order valence-corrected chi connectivity index (χ0v) is 16.9. The van der Waals surface area contributed by atoms with Crippen molar-refractivity contribution in [2.24, 2.45) is 0 Å². The van der Waals surface area contributed by atoms with Crippen LogP contribution in [-0.4, -0.2) is 17.8 Å². The Balaban J connectivity index is 1.54. The number of hydrogen-bond donors (Lipinski definition) is 2. The minimum absolute atomic E-state index is 0.0324. The molecule has 1 atom stereocenters. The van der Waals surface area contributed by atoms with E-state index in [9.17, 15) is 14.7 Å². The van der Waals surface area contributed by atoms with Gasteiger partial charge in [0.05, 0.1) is 24.5 Å². The predicted molar refractivity (Wildman–Crippen MR) is 114 cm³/mol. The van der Waals surface area contributed by atoms with Gasteiger partial charge < -0.3 is 28.7 Å². The third-order valence-corrected chi connectivity index (χ3v) is 5.41.